The second kappa shape index (κ2) is 14.9. The van der Waals surface area contributed by atoms with Gasteiger partial charge in [-0.1, -0.05) is 42.8 Å². The number of ether oxygens (including phenoxy) is 1. The number of sulfonamides is 1. The lowest BCUT2D eigenvalue weighted by atomic mass is 9.98. The Bertz CT molecular complexity index is 1540. The number of hydrogen-bond donors (Lipinski definition) is 2. The van der Waals surface area contributed by atoms with Gasteiger partial charge in [0.15, 0.2) is 0 Å². The molecule has 0 aromatic heterocycles. The molecule has 2 fully saturated rings. The van der Waals surface area contributed by atoms with Crippen LogP contribution in [0.4, 0.5) is 5.69 Å². The fourth-order valence-electron chi connectivity index (χ4n) is 5.70. The number of likely N-dealkylation sites (tertiary alicyclic amines) is 2. The number of aliphatic imine (C=N–C) groups is 1. The van der Waals surface area contributed by atoms with Crippen LogP contribution in [0.25, 0.3) is 0 Å². The second-order valence-corrected chi connectivity index (χ2v) is 14.5. The Kier molecular flexibility index (Phi) is 11.0. The molecule has 2 heterocycles. The molecule has 5 rings (SSSR count). The molecule has 0 spiro atoms. The number of nitrogens with zero attached hydrogens (tertiary/aromatic N) is 3. The van der Waals surface area contributed by atoms with Gasteiger partial charge >= 0.3 is 6.02 Å². The Labute approximate surface area is 276 Å². The average Bonchev–Trinajstić information content (AvgIpc) is 3.04. The van der Waals surface area contributed by atoms with Crippen molar-refractivity contribution in [3.8, 4) is 5.75 Å². The van der Waals surface area contributed by atoms with E-state index in [1.54, 1.807) is 42.5 Å². The summed E-state index contributed by atoms with van der Waals surface area (Å²) in [6.45, 7) is 3.47. The van der Waals surface area contributed by atoms with Crippen LogP contribution in [-0.4, -0.2) is 68.4 Å². The quantitative estimate of drug-likeness (QED) is 0.176. The lowest BCUT2D eigenvalue weighted by molar-refractivity contribution is -0.134. The van der Waals surface area contributed by atoms with E-state index < -0.39 is 16.1 Å². The number of piperidine rings is 2. The molecule has 9 nitrogen and oxygen atoms in total. The third kappa shape index (κ3) is 8.41. The maximum absolute atomic E-state index is 14.2. The van der Waals surface area contributed by atoms with Crippen molar-refractivity contribution in [2.45, 2.75) is 55.5 Å². The summed E-state index contributed by atoms with van der Waals surface area (Å²) < 4.78 is 36.6. The summed E-state index contributed by atoms with van der Waals surface area (Å²) >= 11 is 7.00. The molecule has 0 radical (unpaired) electrons. The third-order valence-electron chi connectivity index (χ3n) is 8.04. The Morgan fingerprint density at radius 1 is 0.932 bits per heavy atom. The van der Waals surface area contributed by atoms with Gasteiger partial charge in [0.25, 0.3) is 10.0 Å². The Balaban J connectivity index is 1.45. The summed E-state index contributed by atoms with van der Waals surface area (Å²) in [4.78, 5) is 23.3. The summed E-state index contributed by atoms with van der Waals surface area (Å²) in [5, 5.41) is 0. The second-order valence-electron chi connectivity index (χ2n) is 11.1. The van der Waals surface area contributed by atoms with Crippen molar-refractivity contribution in [1.82, 2.24) is 14.5 Å². The van der Waals surface area contributed by atoms with E-state index in [0.717, 1.165) is 31.5 Å². The van der Waals surface area contributed by atoms with E-state index in [2.05, 4.69) is 46.5 Å². The smallest absolute Gasteiger partial charge is 0.305 e. The molecule has 3 N–H and O–H groups in total. The van der Waals surface area contributed by atoms with Crippen LogP contribution in [0.3, 0.4) is 0 Å². The van der Waals surface area contributed by atoms with E-state index in [9.17, 15) is 13.2 Å². The molecule has 2 aliphatic heterocycles. The predicted octanol–water partition coefficient (Wildman–Crippen LogP) is 5.60. The molecule has 3 aromatic carbocycles. The molecule has 0 unspecified atom stereocenters. The van der Waals surface area contributed by atoms with Crippen LogP contribution in [0.2, 0.25) is 0 Å². The number of benzene rings is 3. The Hall–Kier alpha value is -2.93. The highest BCUT2D eigenvalue weighted by molar-refractivity contribution is 9.11. The van der Waals surface area contributed by atoms with Crippen molar-refractivity contribution in [2.75, 3.05) is 31.9 Å². The van der Waals surface area contributed by atoms with Crippen LogP contribution < -0.4 is 15.2 Å². The summed E-state index contributed by atoms with van der Waals surface area (Å²) in [6, 6.07) is 19.7. The normalized spacial score (nSPS) is 17.7. The first-order chi connectivity index (χ1) is 21.2. The molecule has 44 heavy (non-hydrogen) atoms. The molecule has 3 aromatic rings. The number of hydrogen-bond acceptors (Lipinski definition) is 7. The molecule has 0 bridgehead atoms. The van der Waals surface area contributed by atoms with Gasteiger partial charge in [0.1, 0.15) is 11.8 Å². The number of nitrogens with two attached hydrogens (primary N) is 1. The number of amides is 1. The van der Waals surface area contributed by atoms with Crippen LogP contribution in [0.1, 0.15) is 37.7 Å². The van der Waals surface area contributed by atoms with E-state index in [1.165, 1.54) is 31.4 Å². The van der Waals surface area contributed by atoms with Gasteiger partial charge in [-0.25, -0.2) is 18.1 Å². The zero-order valence-electron chi connectivity index (χ0n) is 24.4. The summed E-state index contributed by atoms with van der Waals surface area (Å²) in [5.74, 6) is 0.202. The molecule has 12 heteroatoms. The van der Waals surface area contributed by atoms with Crippen molar-refractivity contribution < 1.29 is 17.9 Å². The number of halogens is 2. The number of nitrogens with one attached hydrogen (secondary N) is 1. The molecule has 2 aliphatic rings. The number of carbonyl (C=O) groups excluding carboxylic acids is 1. The monoisotopic (exact) mass is 745 g/mol. The molecule has 0 aliphatic carbocycles. The SMILES string of the molecule is Nc1c(Br)cc(C[C@H](N=C(NS(=O)(=O)c2ccccc2)Oc2ccccc2)C(=O)N2CCC(N3CCCCC3)CC2)cc1Br. The number of nitrogen functional groups attached to an aromatic ring is 1. The molecule has 1 amide bonds. The van der Waals surface area contributed by atoms with Gasteiger partial charge in [0.2, 0.25) is 5.91 Å². The van der Waals surface area contributed by atoms with Crippen LogP contribution >= 0.6 is 31.9 Å². The van der Waals surface area contributed by atoms with E-state index in [4.69, 9.17) is 10.5 Å². The number of para-hydroxylation sites is 1. The number of rotatable bonds is 8. The number of anilines is 1. The van der Waals surface area contributed by atoms with Crippen molar-refractivity contribution in [1.29, 1.82) is 0 Å². The standard InChI is InChI=1S/C32H37Br2N5O4S/c33-27-20-23(21-28(34)30(27)35)22-29(31(40)39-18-14-24(15-19-39)38-16-8-3-9-17-38)36-32(43-25-10-4-1-5-11-25)37-44(41,42)26-12-6-2-7-13-26/h1-2,4-7,10-13,20-21,24,29H,3,8-9,14-19,22,35H2,(H,36,37)/t29-/m0/s1. The van der Waals surface area contributed by atoms with E-state index >= 15 is 0 Å². The minimum absolute atomic E-state index is 0.0541. The molecule has 1 atom stereocenters. The molecular weight excluding hydrogens is 710 g/mol. The van der Waals surface area contributed by atoms with Crippen LogP contribution in [0, 0.1) is 0 Å². The fraction of sp³-hybridized carbons (Fsp3) is 0.375. The van der Waals surface area contributed by atoms with E-state index in [1.807, 2.05) is 23.1 Å². The lowest BCUT2D eigenvalue weighted by Gasteiger charge is -2.40. The van der Waals surface area contributed by atoms with Crippen LogP contribution in [0.5, 0.6) is 5.75 Å². The highest BCUT2D eigenvalue weighted by Gasteiger charge is 2.32. The van der Waals surface area contributed by atoms with Gasteiger partial charge in [-0.2, -0.15) is 0 Å². The topological polar surface area (TPSA) is 117 Å². The maximum atomic E-state index is 14.2. The molecule has 2 saturated heterocycles. The Morgan fingerprint density at radius 2 is 1.52 bits per heavy atom. The van der Waals surface area contributed by atoms with Gasteiger partial charge in [-0.05, 0) is 113 Å². The summed E-state index contributed by atoms with van der Waals surface area (Å²) in [7, 11) is -4.06. The van der Waals surface area contributed by atoms with Crippen molar-refractivity contribution in [3.05, 3.63) is 87.3 Å². The van der Waals surface area contributed by atoms with Crippen molar-refractivity contribution in [2.24, 2.45) is 4.99 Å². The number of carbonyl (C=O) groups is 1. The molecule has 0 saturated carbocycles. The van der Waals surface area contributed by atoms with Crippen LogP contribution in [0.15, 0.2) is 91.6 Å². The van der Waals surface area contributed by atoms with Crippen molar-refractivity contribution >= 4 is 59.5 Å². The first-order valence-corrected chi connectivity index (χ1v) is 17.9. The van der Waals surface area contributed by atoms with Gasteiger partial charge in [0, 0.05) is 34.5 Å². The summed E-state index contributed by atoms with van der Waals surface area (Å²) in [6.07, 6.45) is 5.74. The van der Waals surface area contributed by atoms with Gasteiger partial charge in [-0.3, -0.25) is 4.79 Å². The summed E-state index contributed by atoms with van der Waals surface area (Å²) in [5.41, 5.74) is 7.47. The third-order valence-corrected chi connectivity index (χ3v) is 10.7. The highest BCUT2D eigenvalue weighted by atomic mass is 79.9. The molecule has 234 valence electrons. The highest BCUT2D eigenvalue weighted by Crippen LogP contribution is 2.31. The first-order valence-electron chi connectivity index (χ1n) is 14.8. The Morgan fingerprint density at radius 3 is 2.14 bits per heavy atom. The number of amidine groups is 1. The van der Waals surface area contributed by atoms with Crippen molar-refractivity contribution in [3.63, 3.8) is 0 Å². The minimum atomic E-state index is -4.06. The van der Waals surface area contributed by atoms with E-state index in [0.29, 0.717) is 39.5 Å². The predicted molar refractivity (Wildman–Crippen MR) is 180 cm³/mol. The molecular formula is C32H37Br2N5O4S. The van der Waals surface area contributed by atoms with Gasteiger partial charge in [0.05, 0.1) is 10.6 Å². The van der Waals surface area contributed by atoms with Gasteiger partial charge < -0.3 is 20.3 Å². The maximum Gasteiger partial charge on any atom is 0.305 e. The largest absolute Gasteiger partial charge is 0.425 e. The lowest BCUT2D eigenvalue weighted by Crippen LogP contribution is -2.50. The zero-order chi connectivity index (χ0) is 31.1. The average molecular weight is 748 g/mol. The van der Waals surface area contributed by atoms with E-state index in [-0.39, 0.29) is 23.2 Å². The zero-order valence-corrected chi connectivity index (χ0v) is 28.4. The van der Waals surface area contributed by atoms with Crippen LogP contribution in [-0.2, 0) is 21.2 Å². The first kappa shape index (κ1) is 32.5. The minimum Gasteiger partial charge on any atom is -0.425 e. The fourth-order valence-corrected chi connectivity index (χ4v) is 7.94. The van der Waals surface area contributed by atoms with Gasteiger partial charge in [-0.15, -0.1) is 0 Å².